The summed E-state index contributed by atoms with van der Waals surface area (Å²) in [5.74, 6) is 0.375. The molecule has 0 atom stereocenters. The molecular weight excluding hydrogens is 278 g/mol. The first-order chi connectivity index (χ1) is 10.6. The van der Waals surface area contributed by atoms with Crippen molar-refractivity contribution in [1.82, 2.24) is 10.4 Å². The summed E-state index contributed by atoms with van der Waals surface area (Å²) in [7, 11) is 0. The summed E-state index contributed by atoms with van der Waals surface area (Å²) in [4.78, 5) is 15.7. The molecule has 22 heavy (non-hydrogen) atoms. The van der Waals surface area contributed by atoms with E-state index in [9.17, 15) is 4.79 Å². The molecule has 1 amide bonds. The number of amides is 1. The quantitative estimate of drug-likeness (QED) is 0.681. The van der Waals surface area contributed by atoms with Crippen LogP contribution < -0.4 is 10.2 Å². The van der Waals surface area contributed by atoms with Gasteiger partial charge in [-0.1, -0.05) is 6.07 Å². The van der Waals surface area contributed by atoms with Crippen LogP contribution in [-0.4, -0.2) is 23.2 Å². The van der Waals surface area contributed by atoms with Crippen LogP contribution in [0, 0.1) is 13.8 Å². The second-order valence-electron chi connectivity index (χ2n) is 5.00. The Kier molecular flexibility index (Phi) is 5.25. The van der Waals surface area contributed by atoms with Crippen molar-refractivity contribution in [2.24, 2.45) is 5.10 Å². The second kappa shape index (κ2) is 7.36. The third-order valence-corrected chi connectivity index (χ3v) is 3.29. The molecule has 0 aliphatic rings. The number of ether oxygens (including phenoxy) is 1. The zero-order valence-electron chi connectivity index (χ0n) is 13.0. The van der Waals surface area contributed by atoms with Gasteiger partial charge < -0.3 is 4.74 Å². The molecular formula is C17H19N3O2. The molecule has 2 aromatic rings. The molecule has 1 aromatic heterocycles. The van der Waals surface area contributed by atoms with Crippen molar-refractivity contribution in [3.05, 3.63) is 59.4 Å². The van der Waals surface area contributed by atoms with Gasteiger partial charge in [0.05, 0.1) is 5.71 Å². The molecule has 0 saturated carbocycles. The first-order valence-electron chi connectivity index (χ1n) is 7.00. The maximum Gasteiger partial charge on any atom is 0.277 e. The van der Waals surface area contributed by atoms with E-state index in [1.807, 2.05) is 51.1 Å². The fourth-order valence-corrected chi connectivity index (χ4v) is 1.79. The van der Waals surface area contributed by atoms with Gasteiger partial charge >= 0.3 is 0 Å². The molecule has 114 valence electrons. The van der Waals surface area contributed by atoms with Crippen LogP contribution >= 0.6 is 0 Å². The Balaban J connectivity index is 1.86. The maximum atomic E-state index is 11.7. The predicted molar refractivity (Wildman–Crippen MR) is 86.0 cm³/mol. The monoisotopic (exact) mass is 297 g/mol. The predicted octanol–water partition coefficient (Wildman–Crippen LogP) is 2.62. The van der Waals surface area contributed by atoms with Crippen LogP contribution in [0.5, 0.6) is 5.75 Å². The Hall–Kier alpha value is -2.69. The van der Waals surface area contributed by atoms with E-state index in [1.54, 1.807) is 12.4 Å². The molecule has 0 aliphatic heterocycles. The molecule has 5 heteroatoms. The normalized spacial score (nSPS) is 11.1. The Morgan fingerprint density at radius 1 is 1.18 bits per heavy atom. The summed E-state index contributed by atoms with van der Waals surface area (Å²) < 4.78 is 5.45. The lowest BCUT2D eigenvalue weighted by Gasteiger charge is -2.07. The fourth-order valence-electron chi connectivity index (χ4n) is 1.79. The number of carbonyl (C=O) groups is 1. The molecule has 5 nitrogen and oxygen atoms in total. The van der Waals surface area contributed by atoms with E-state index in [4.69, 9.17) is 4.74 Å². The highest BCUT2D eigenvalue weighted by Crippen LogP contribution is 2.16. The number of pyridine rings is 1. The minimum atomic E-state index is -0.299. The first-order valence-corrected chi connectivity index (χ1v) is 7.00. The number of hydrogen-bond donors (Lipinski definition) is 1. The summed E-state index contributed by atoms with van der Waals surface area (Å²) >= 11 is 0. The smallest absolute Gasteiger partial charge is 0.277 e. The summed E-state index contributed by atoms with van der Waals surface area (Å²) in [5.41, 5.74) is 6.42. The van der Waals surface area contributed by atoms with Crippen molar-refractivity contribution in [1.29, 1.82) is 0 Å². The van der Waals surface area contributed by atoms with Crippen LogP contribution in [0.3, 0.4) is 0 Å². The Labute approximate surface area is 130 Å². The summed E-state index contributed by atoms with van der Waals surface area (Å²) in [5, 5.41) is 4.05. The third-order valence-electron chi connectivity index (χ3n) is 3.29. The lowest BCUT2D eigenvalue weighted by atomic mass is 10.1. The molecule has 1 heterocycles. The van der Waals surface area contributed by atoms with Gasteiger partial charge in [-0.05, 0) is 56.2 Å². The van der Waals surface area contributed by atoms with Crippen LogP contribution in [0.4, 0.5) is 0 Å². The Morgan fingerprint density at radius 2 is 1.91 bits per heavy atom. The minimum absolute atomic E-state index is 0.0738. The molecule has 1 N–H and O–H groups in total. The van der Waals surface area contributed by atoms with Crippen molar-refractivity contribution in [3.63, 3.8) is 0 Å². The first kappa shape index (κ1) is 15.7. The van der Waals surface area contributed by atoms with Crippen molar-refractivity contribution in [2.75, 3.05) is 6.61 Å². The number of nitrogens with zero attached hydrogens (tertiary/aromatic N) is 2. The third kappa shape index (κ3) is 4.41. The molecule has 0 unspecified atom stereocenters. The number of rotatable bonds is 5. The SMILES string of the molecule is C/C(=N/NC(=O)COc1ccc(C)c(C)c1)c1ccncc1. The van der Waals surface area contributed by atoms with Crippen molar-refractivity contribution in [3.8, 4) is 5.75 Å². The average Bonchev–Trinajstić information content (AvgIpc) is 2.54. The number of hydrogen-bond acceptors (Lipinski definition) is 4. The number of nitrogens with one attached hydrogen (secondary N) is 1. The molecule has 0 saturated heterocycles. The van der Waals surface area contributed by atoms with E-state index in [0.717, 1.165) is 11.1 Å². The van der Waals surface area contributed by atoms with E-state index in [2.05, 4.69) is 15.5 Å². The van der Waals surface area contributed by atoms with E-state index < -0.39 is 0 Å². The van der Waals surface area contributed by atoms with Gasteiger partial charge in [0.1, 0.15) is 5.75 Å². The Bertz CT molecular complexity index is 682. The number of aryl methyl sites for hydroxylation is 2. The standard InChI is InChI=1S/C17H19N3O2/c1-12-4-5-16(10-13(12)2)22-11-17(21)20-19-14(3)15-6-8-18-9-7-15/h4-10H,11H2,1-3H3,(H,20,21)/b19-14-. The second-order valence-corrected chi connectivity index (χ2v) is 5.00. The van der Waals surface area contributed by atoms with Crippen LogP contribution in [0.25, 0.3) is 0 Å². The number of carbonyl (C=O) groups excluding carboxylic acids is 1. The lowest BCUT2D eigenvalue weighted by molar-refractivity contribution is -0.123. The van der Waals surface area contributed by atoms with Crippen LogP contribution in [0.15, 0.2) is 47.8 Å². The molecule has 2 rings (SSSR count). The average molecular weight is 297 g/mol. The zero-order valence-corrected chi connectivity index (χ0v) is 13.0. The van der Waals surface area contributed by atoms with Crippen LogP contribution in [0.2, 0.25) is 0 Å². The van der Waals surface area contributed by atoms with E-state index in [1.165, 1.54) is 5.56 Å². The van der Waals surface area contributed by atoms with Gasteiger partial charge in [-0.2, -0.15) is 5.10 Å². The Morgan fingerprint density at radius 3 is 2.59 bits per heavy atom. The number of benzene rings is 1. The molecule has 0 fully saturated rings. The molecule has 0 radical (unpaired) electrons. The molecule has 0 aliphatic carbocycles. The van der Waals surface area contributed by atoms with Gasteiger partial charge in [-0.3, -0.25) is 9.78 Å². The topological polar surface area (TPSA) is 63.6 Å². The van der Waals surface area contributed by atoms with Crippen LogP contribution in [0.1, 0.15) is 23.6 Å². The van der Waals surface area contributed by atoms with Crippen LogP contribution in [-0.2, 0) is 4.79 Å². The van der Waals surface area contributed by atoms with Gasteiger partial charge in [0.15, 0.2) is 6.61 Å². The van der Waals surface area contributed by atoms with Crippen molar-refractivity contribution in [2.45, 2.75) is 20.8 Å². The molecule has 1 aromatic carbocycles. The highest BCUT2D eigenvalue weighted by atomic mass is 16.5. The van der Waals surface area contributed by atoms with Gasteiger partial charge in [0.2, 0.25) is 0 Å². The fraction of sp³-hybridized carbons (Fsp3) is 0.235. The van der Waals surface area contributed by atoms with Gasteiger partial charge in [-0.15, -0.1) is 0 Å². The van der Waals surface area contributed by atoms with Gasteiger partial charge in [-0.25, -0.2) is 5.43 Å². The highest BCUT2D eigenvalue weighted by molar-refractivity contribution is 5.99. The van der Waals surface area contributed by atoms with Gasteiger partial charge in [0, 0.05) is 18.0 Å². The van der Waals surface area contributed by atoms with E-state index in [0.29, 0.717) is 11.5 Å². The largest absolute Gasteiger partial charge is 0.484 e. The van der Waals surface area contributed by atoms with Crippen molar-refractivity contribution < 1.29 is 9.53 Å². The number of aromatic nitrogens is 1. The number of hydrazone groups is 1. The van der Waals surface area contributed by atoms with E-state index >= 15 is 0 Å². The highest BCUT2D eigenvalue weighted by Gasteiger charge is 2.04. The van der Waals surface area contributed by atoms with Gasteiger partial charge in [0.25, 0.3) is 5.91 Å². The summed E-state index contributed by atoms with van der Waals surface area (Å²) in [6, 6.07) is 9.39. The molecule has 0 spiro atoms. The summed E-state index contributed by atoms with van der Waals surface area (Å²) in [6.45, 7) is 5.78. The summed E-state index contributed by atoms with van der Waals surface area (Å²) in [6.07, 6.45) is 3.36. The molecule has 0 bridgehead atoms. The maximum absolute atomic E-state index is 11.7. The zero-order chi connectivity index (χ0) is 15.9. The minimum Gasteiger partial charge on any atom is -0.484 e. The van der Waals surface area contributed by atoms with Crippen molar-refractivity contribution >= 4 is 11.6 Å². The lowest BCUT2D eigenvalue weighted by Crippen LogP contribution is -2.25. The van der Waals surface area contributed by atoms with E-state index in [-0.39, 0.29) is 12.5 Å².